The fourth-order valence-corrected chi connectivity index (χ4v) is 2.06. The first kappa shape index (κ1) is 14.2. The number of nitrogens with two attached hydrogens (primary N) is 1. The summed E-state index contributed by atoms with van der Waals surface area (Å²) in [7, 11) is 0. The van der Waals surface area contributed by atoms with Crippen molar-refractivity contribution in [3.05, 3.63) is 12.2 Å². The Morgan fingerprint density at radius 3 is 2.80 bits per heavy atom. The van der Waals surface area contributed by atoms with E-state index in [0.29, 0.717) is 41.8 Å². The number of fused-ring (bicyclic) bond motifs is 1. The third kappa shape index (κ3) is 2.87. The summed E-state index contributed by atoms with van der Waals surface area (Å²) in [6.07, 6.45) is 2.00. The highest BCUT2D eigenvalue weighted by Crippen LogP contribution is 2.25. The Morgan fingerprint density at radius 2 is 2.20 bits per heavy atom. The summed E-state index contributed by atoms with van der Waals surface area (Å²) in [5.74, 6) is 0.455. The van der Waals surface area contributed by atoms with Crippen LogP contribution in [-0.2, 0) is 9.53 Å². The lowest BCUT2D eigenvalue weighted by Crippen LogP contribution is -2.19. The van der Waals surface area contributed by atoms with E-state index in [9.17, 15) is 4.79 Å². The Hall–Kier alpha value is -2.18. The molecule has 0 aromatic carbocycles. The molecule has 0 bridgehead atoms. The minimum atomic E-state index is -0.441. The zero-order valence-corrected chi connectivity index (χ0v) is 11.9. The van der Waals surface area contributed by atoms with Gasteiger partial charge in [-0.15, -0.1) is 0 Å². The number of aromatic nitrogens is 4. The predicted octanol–water partition coefficient (Wildman–Crippen LogP) is 1.63. The van der Waals surface area contributed by atoms with Gasteiger partial charge in [0.05, 0.1) is 6.61 Å². The molecule has 0 aliphatic heterocycles. The van der Waals surface area contributed by atoms with Gasteiger partial charge in [0.2, 0.25) is 0 Å². The van der Waals surface area contributed by atoms with Crippen LogP contribution in [0.3, 0.4) is 0 Å². The molecule has 3 N–H and O–H groups in total. The van der Waals surface area contributed by atoms with Gasteiger partial charge in [-0.3, -0.25) is 4.79 Å². The van der Waals surface area contributed by atoms with Gasteiger partial charge >= 0.3 is 5.97 Å². The molecule has 7 nitrogen and oxygen atoms in total. The van der Waals surface area contributed by atoms with Crippen molar-refractivity contribution >= 4 is 23.0 Å². The largest absolute Gasteiger partial charge is 0.465 e. The molecule has 20 heavy (non-hydrogen) atoms. The van der Waals surface area contributed by atoms with Gasteiger partial charge in [0.1, 0.15) is 23.6 Å². The molecule has 2 aromatic heterocycles. The predicted molar refractivity (Wildman–Crippen MR) is 74.9 cm³/mol. The fraction of sp³-hybridized carbons (Fsp3) is 0.538. The van der Waals surface area contributed by atoms with Gasteiger partial charge in [-0.2, -0.15) is 0 Å². The van der Waals surface area contributed by atoms with Crippen molar-refractivity contribution in [3.63, 3.8) is 0 Å². The summed E-state index contributed by atoms with van der Waals surface area (Å²) >= 11 is 0. The number of H-pyrrole nitrogens is 1. The van der Waals surface area contributed by atoms with E-state index in [1.165, 1.54) is 6.33 Å². The Bertz CT molecular complexity index is 608. The van der Waals surface area contributed by atoms with E-state index < -0.39 is 5.92 Å². The van der Waals surface area contributed by atoms with Crippen LogP contribution in [0.1, 0.15) is 38.9 Å². The number of ether oxygens (including phenoxy) is 1. The van der Waals surface area contributed by atoms with Gasteiger partial charge in [0.25, 0.3) is 0 Å². The maximum absolute atomic E-state index is 12.1. The normalized spacial score (nSPS) is 12.8. The molecule has 2 heterocycles. The van der Waals surface area contributed by atoms with Crippen LogP contribution < -0.4 is 5.73 Å². The second kappa shape index (κ2) is 5.85. The maximum atomic E-state index is 12.1. The van der Waals surface area contributed by atoms with Crippen molar-refractivity contribution in [1.29, 1.82) is 0 Å². The molecule has 1 unspecified atom stereocenters. The van der Waals surface area contributed by atoms with Crippen LogP contribution in [0.2, 0.25) is 0 Å². The molecule has 1 atom stereocenters. The van der Waals surface area contributed by atoms with Crippen LogP contribution in [0.15, 0.2) is 6.33 Å². The monoisotopic (exact) mass is 277 g/mol. The van der Waals surface area contributed by atoms with E-state index in [-0.39, 0.29) is 5.97 Å². The number of nitrogen functional groups attached to an aromatic ring is 1. The van der Waals surface area contributed by atoms with Gasteiger partial charge in [-0.1, -0.05) is 13.8 Å². The summed E-state index contributed by atoms with van der Waals surface area (Å²) in [6, 6.07) is 0. The van der Waals surface area contributed by atoms with E-state index >= 15 is 0 Å². The third-order valence-electron chi connectivity index (χ3n) is 2.94. The summed E-state index contributed by atoms with van der Waals surface area (Å²) in [5.41, 5.74) is 6.79. The summed E-state index contributed by atoms with van der Waals surface area (Å²) in [5, 5.41) is 0. The maximum Gasteiger partial charge on any atom is 0.316 e. The van der Waals surface area contributed by atoms with E-state index in [1.54, 1.807) is 6.92 Å². The SMILES string of the molecule is CCOC(=O)C(CC(C)C)c1nc2ncnc(N)c2[nH]1. The standard InChI is InChI=1S/C13H19N5O2/c1-4-20-13(19)8(5-7(2)3)11-17-9-10(14)15-6-16-12(9)18-11/h6-8H,4-5H2,1-3H3,(H3,14,15,16,17,18). The average molecular weight is 277 g/mol. The number of nitrogens with zero attached hydrogens (tertiary/aromatic N) is 3. The molecule has 0 saturated heterocycles. The number of nitrogens with one attached hydrogen (secondary N) is 1. The Morgan fingerprint density at radius 1 is 1.45 bits per heavy atom. The van der Waals surface area contributed by atoms with E-state index in [4.69, 9.17) is 10.5 Å². The highest BCUT2D eigenvalue weighted by atomic mass is 16.5. The van der Waals surface area contributed by atoms with Crippen molar-refractivity contribution in [3.8, 4) is 0 Å². The highest BCUT2D eigenvalue weighted by Gasteiger charge is 2.27. The molecule has 2 rings (SSSR count). The number of rotatable bonds is 5. The molecule has 0 radical (unpaired) electrons. The molecule has 0 aliphatic carbocycles. The number of aromatic amines is 1. The van der Waals surface area contributed by atoms with Gasteiger partial charge in [-0.25, -0.2) is 15.0 Å². The van der Waals surface area contributed by atoms with E-state index in [0.717, 1.165) is 0 Å². The average Bonchev–Trinajstić information content (AvgIpc) is 2.81. The lowest BCUT2D eigenvalue weighted by molar-refractivity contribution is -0.145. The van der Waals surface area contributed by atoms with E-state index in [2.05, 4.69) is 19.9 Å². The molecule has 0 spiro atoms. The molecule has 0 amide bonds. The number of esters is 1. The van der Waals surface area contributed by atoms with Crippen molar-refractivity contribution in [2.75, 3.05) is 12.3 Å². The smallest absolute Gasteiger partial charge is 0.316 e. The molecule has 2 aromatic rings. The zero-order valence-electron chi connectivity index (χ0n) is 11.9. The van der Waals surface area contributed by atoms with Crippen molar-refractivity contribution < 1.29 is 9.53 Å². The topological polar surface area (TPSA) is 107 Å². The zero-order chi connectivity index (χ0) is 14.7. The van der Waals surface area contributed by atoms with Crippen molar-refractivity contribution in [2.24, 2.45) is 5.92 Å². The van der Waals surface area contributed by atoms with Crippen molar-refractivity contribution in [1.82, 2.24) is 19.9 Å². The molecule has 0 aliphatic rings. The first-order valence-corrected chi connectivity index (χ1v) is 6.65. The van der Waals surface area contributed by atoms with Crippen LogP contribution in [0.5, 0.6) is 0 Å². The summed E-state index contributed by atoms with van der Waals surface area (Å²) in [6.45, 7) is 6.22. The minimum Gasteiger partial charge on any atom is -0.465 e. The molecule has 0 fully saturated rings. The van der Waals surface area contributed by atoms with Crippen LogP contribution >= 0.6 is 0 Å². The molecule has 7 heteroatoms. The lowest BCUT2D eigenvalue weighted by Gasteiger charge is -2.15. The van der Waals surface area contributed by atoms with Gasteiger partial charge in [-0.05, 0) is 19.3 Å². The van der Waals surface area contributed by atoms with E-state index in [1.807, 2.05) is 13.8 Å². The second-order valence-corrected chi connectivity index (χ2v) is 5.01. The van der Waals surface area contributed by atoms with Gasteiger partial charge in [0, 0.05) is 0 Å². The Kier molecular flexibility index (Phi) is 4.16. The van der Waals surface area contributed by atoms with Crippen LogP contribution in [0, 0.1) is 5.92 Å². The molecular weight excluding hydrogens is 258 g/mol. The highest BCUT2D eigenvalue weighted by molar-refractivity contribution is 5.83. The number of anilines is 1. The van der Waals surface area contributed by atoms with Crippen LogP contribution in [0.4, 0.5) is 5.82 Å². The number of imidazole rings is 1. The van der Waals surface area contributed by atoms with Crippen LogP contribution in [0.25, 0.3) is 11.2 Å². The number of carbonyl (C=O) groups excluding carboxylic acids is 1. The van der Waals surface area contributed by atoms with Crippen LogP contribution in [-0.4, -0.2) is 32.5 Å². The second-order valence-electron chi connectivity index (χ2n) is 5.01. The molecular formula is C13H19N5O2. The summed E-state index contributed by atoms with van der Waals surface area (Å²) < 4.78 is 5.12. The number of carbonyl (C=O) groups is 1. The molecule has 0 saturated carbocycles. The third-order valence-corrected chi connectivity index (χ3v) is 2.94. The Balaban J connectivity index is 2.39. The number of hydrogen-bond acceptors (Lipinski definition) is 6. The summed E-state index contributed by atoms with van der Waals surface area (Å²) in [4.78, 5) is 27.4. The van der Waals surface area contributed by atoms with Gasteiger partial charge in [0.15, 0.2) is 11.5 Å². The molecule has 108 valence electrons. The fourth-order valence-electron chi connectivity index (χ4n) is 2.06. The quantitative estimate of drug-likeness (QED) is 0.804. The Labute approximate surface area is 117 Å². The van der Waals surface area contributed by atoms with Gasteiger partial charge < -0.3 is 15.5 Å². The first-order chi connectivity index (χ1) is 9.52. The van der Waals surface area contributed by atoms with Crippen molar-refractivity contribution in [2.45, 2.75) is 33.1 Å². The number of hydrogen-bond donors (Lipinski definition) is 2. The lowest BCUT2D eigenvalue weighted by atomic mass is 9.96. The first-order valence-electron chi connectivity index (χ1n) is 6.65. The minimum absolute atomic E-state index is 0.285.